The fourth-order valence-corrected chi connectivity index (χ4v) is 4.29. The average Bonchev–Trinajstić information content (AvgIpc) is 2.96. The molecule has 0 radical (unpaired) electrons. The first-order valence-corrected chi connectivity index (χ1v) is 11.0. The first kappa shape index (κ1) is 19.9. The van der Waals surface area contributed by atoms with Gasteiger partial charge in [-0.3, -0.25) is 4.99 Å². The maximum absolute atomic E-state index is 4.72. The maximum Gasteiger partial charge on any atom is 0.0630 e. The topological polar surface area (TPSA) is 17.3 Å². The van der Waals surface area contributed by atoms with Crippen molar-refractivity contribution in [3.63, 3.8) is 0 Å². The molecule has 0 bridgehead atoms. The lowest BCUT2D eigenvalue weighted by Crippen LogP contribution is -1.99. The standard InChI is InChI=1S/C25H20Br2N2/c1-17-24(25(27)18(2)29(17)23-14-10-21(26)11-15-23)16-28-22-12-8-20(9-13-22)19-6-4-3-5-7-19/h3-16H,1-2H3. The SMILES string of the molecule is Cc1c(Br)c(C=Nc2ccc(-c3ccccc3)cc2)c(C)n1-c1ccc(Br)cc1. The van der Waals surface area contributed by atoms with E-state index in [0.29, 0.717) is 0 Å². The third-order valence-electron chi connectivity index (χ3n) is 5.02. The number of benzene rings is 3. The van der Waals surface area contributed by atoms with Crippen LogP contribution >= 0.6 is 31.9 Å². The Morgan fingerprint density at radius 3 is 2.00 bits per heavy atom. The van der Waals surface area contributed by atoms with Gasteiger partial charge in [-0.1, -0.05) is 58.4 Å². The van der Waals surface area contributed by atoms with Gasteiger partial charge in [0.05, 0.1) is 5.69 Å². The summed E-state index contributed by atoms with van der Waals surface area (Å²) in [4.78, 5) is 4.72. The van der Waals surface area contributed by atoms with Gasteiger partial charge in [-0.15, -0.1) is 0 Å². The Labute approximate surface area is 188 Å². The number of halogens is 2. The van der Waals surface area contributed by atoms with Gasteiger partial charge in [0.2, 0.25) is 0 Å². The average molecular weight is 508 g/mol. The molecule has 0 atom stereocenters. The fourth-order valence-electron chi connectivity index (χ4n) is 3.46. The van der Waals surface area contributed by atoms with Crippen LogP contribution in [-0.2, 0) is 0 Å². The predicted molar refractivity (Wildman–Crippen MR) is 130 cm³/mol. The van der Waals surface area contributed by atoms with Gasteiger partial charge < -0.3 is 4.57 Å². The van der Waals surface area contributed by atoms with Crippen molar-refractivity contribution in [1.82, 2.24) is 4.57 Å². The lowest BCUT2D eigenvalue weighted by atomic mass is 10.1. The Morgan fingerprint density at radius 1 is 0.724 bits per heavy atom. The van der Waals surface area contributed by atoms with Crippen molar-refractivity contribution in [1.29, 1.82) is 0 Å². The Hall–Kier alpha value is -2.43. The minimum Gasteiger partial charge on any atom is -0.317 e. The molecule has 0 saturated heterocycles. The largest absolute Gasteiger partial charge is 0.317 e. The lowest BCUT2D eigenvalue weighted by molar-refractivity contribution is 0.962. The summed E-state index contributed by atoms with van der Waals surface area (Å²) in [5.74, 6) is 0. The third-order valence-corrected chi connectivity index (χ3v) is 6.55. The van der Waals surface area contributed by atoms with Crippen LogP contribution in [0.25, 0.3) is 16.8 Å². The molecule has 0 spiro atoms. The van der Waals surface area contributed by atoms with Crippen molar-refractivity contribution in [2.45, 2.75) is 13.8 Å². The molecule has 29 heavy (non-hydrogen) atoms. The van der Waals surface area contributed by atoms with E-state index < -0.39 is 0 Å². The second-order valence-corrected chi connectivity index (χ2v) is 8.59. The number of aromatic nitrogens is 1. The molecule has 0 fully saturated rings. The highest BCUT2D eigenvalue weighted by Gasteiger charge is 2.15. The number of hydrogen-bond acceptors (Lipinski definition) is 1. The number of hydrogen-bond donors (Lipinski definition) is 0. The zero-order valence-corrected chi connectivity index (χ0v) is 19.4. The Bertz CT molecular complexity index is 1160. The van der Waals surface area contributed by atoms with Crippen LogP contribution in [0, 0.1) is 13.8 Å². The number of nitrogens with zero attached hydrogens (tertiary/aromatic N) is 2. The molecular weight excluding hydrogens is 488 g/mol. The Kier molecular flexibility index (Phi) is 5.84. The molecule has 0 amide bonds. The van der Waals surface area contributed by atoms with Crippen molar-refractivity contribution in [2.75, 3.05) is 0 Å². The van der Waals surface area contributed by atoms with E-state index in [1.807, 2.05) is 12.3 Å². The quantitative estimate of drug-likeness (QED) is 0.249. The smallest absolute Gasteiger partial charge is 0.0630 e. The van der Waals surface area contributed by atoms with Gasteiger partial charge in [0.15, 0.2) is 0 Å². The van der Waals surface area contributed by atoms with Gasteiger partial charge in [0, 0.05) is 37.8 Å². The predicted octanol–water partition coefficient (Wildman–Crippen LogP) is 8.04. The second-order valence-electron chi connectivity index (χ2n) is 6.88. The van der Waals surface area contributed by atoms with E-state index >= 15 is 0 Å². The summed E-state index contributed by atoms with van der Waals surface area (Å²) in [7, 11) is 0. The zero-order chi connectivity index (χ0) is 20.4. The summed E-state index contributed by atoms with van der Waals surface area (Å²) in [5, 5.41) is 0. The van der Waals surface area contributed by atoms with Crippen LogP contribution in [-0.4, -0.2) is 10.8 Å². The van der Waals surface area contributed by atoms with Crippen LogP contribution in [0.3, 0.4) is 0 Å². The van der Waals surface area contributed by atoms with Crippen LogP contribution in [0.15, 0.2) is 92.8 Å². The van der Waals surface area contributed by atoms with Gasteiger partial charge in [-0.25, -0.2) is 0 Å². The van der Waals surface area contributed by atoms with Crippen molar-refractivity contribution >= 4 is 43.8 Å². The normalized spacial score (nSPS) is 11.3. The number of aliphatic imine (C=N–C) groups is 1. The van der Waals surface area contributed by atoms with E-state index in [2.05, 4.69) is 123 Å². The monoisotopic (exact) mass is 506 g/mol. The van der Waals surface area contributed by atoms with Crippen LogP contribution in [0.1, 0.15) is 17.0 Å². The van der Waals surface area contributed by atoms with Crippen LogP contribution in [0.5, 0.6) is 0 Å². The van der Waals surface area contributed by atoms with Crippen molar-refractivity contribution < 1.29 is 0 Å². The summed E-state index contributed by atoms with van der Waals surface area (Å²) in [6.45, 7) is 4.24. The highest BCUT2D eigenvalue weighted by molar-refractivity contribution is 9.10. The molecule has 4 rings (SSSR count). The van der Waals surface area contributed by atoms with E-state index in [-0.39, 0.29) is 0 Å². The summed E-state index contributed by atoms with van der Waals surface area (Å²) >= 11 is 7.26. The third kappa shape index (κ3) is 4.14. The summed E-state index contributed by atoms with van der Waals surface area (Å²) in [5.41, 5.74) is 7.88. The lowest BCUT2D eigenvalue weighted by Gasteiger charge is -2.09. The van der Waals surface area contributed by atoms with E-state index in [4.69, 9.17) is 4.99 Å². The summed E-state index contributed by atoms with van der Waals surface area (Å²) in [6, 6.07) is 27.1. The van der Waals surface area contributed by atoms with Gasteiger partial charge >= 0.3 is 0 Å². The second kappa shape index (κ2) is 8.52. The molecule has 0 aliphatic heterocycles. The molecule has 0 saturated carbocycles. The minimum absolute atomic E-state index is 0.935. The molecule has 2 nitrogen and oxygen atoms in total. The summed E-state index contributed by atoms with van der Waals surface area (Å²) in [6.07, 6.45) is 1.94. The minimum atomic E-state index is 0.935. The summed E-state index contributed by atoms with van der Waals surface area (Å²) < 4.78 is 4.39. The maximum atomic E-state index is 4.72. The Balaban J connectivity index is 1.63. The molecule has 4 aromatic rings. The molecule has 1 aromatic heterocycles. The van der Waals surface area contributed by atoms with Gasteiger partial charge in [-0.05, 0) is 77.3 Å². The highest BCUT2D eigenvalue weighted by Crippen LogP contribution is 2.30. The van der Waals surface area contributed by atoms with Gasteiger partial charge in [-0.2, -0.15) is 0 Å². The zero-order valence-electron chi connectivity index (χ0n) is 16.2. The highest BCUT2D eigenvalue weighted by atomic mass is 79.9. The molecule has 0 N–H and O–H groups in total. The van der Waals surface area contributed by atoms with Crippen molar-refractivity contribution in [3.05, 3.63) is 105 Å². The first-order valence-electron chi connectivity index (χ1n) is 9.37. The molecule has 3 aromatic carbocycles. The number of rotatable bonds is 4. The van der Waals surface area contributed by atoms with Crippen LogP contribution in [0.4, 0.5) is 5.69 Å². The molecule has 0 unspecified atom stereocenters. The van der Waals surface area contributed by atoms with Crippen molar-refractivity contribution in [3.8, 4) is 16.8 Å². The van der Waals surface area contributed by atoms with Crippen molar-refractivity contribution in [2.24, 2.45) is 4.99 Å². The molecule has 0 aliphatic rings. The molecule has 4 heteroatoms. The van der Waals surface area contributed by atoms with Gasteiger partial charge in [0.25, 0.3) is 0 Å². The first-order chi connectivity index (χ1) is 14.0. The van der Waals surface area contributed by atoms with E-state index in [1.165, 1.54) is 11.1 Å². The van der Waals surface area contributed by atoms with Gasteiger partial charge in [0.1, 0.15) is 0 Å². The molecular formula is C25H20Br2N2. The van der Waals surface area contributed by atoms with E-state index in [1.54, 1.807) is 0 Å². The van der Waals surface area contributed by atoms with E-state index in [0.717, 1.165) is 37.3 Å². The Morgan fingerprint density at radius 2 is 1.34 bits per heavy atom. The van der Waals surface area contributed by atoms with E-state index in [9.17, 15) is 0 Å². The van der Waals surface area contributed by atoms with Crippen LogP contribution in [0.2, 0.25) is 0 Å². The molecule has 144 valence electrons. The fraction of sp³-hybridized carbons (Fsp3) is 0.0800. The molecule has 1 heterocycles. The van der Waals surface area contributed by atoms with Crippen LogP contribution < -0.4 is 0 Å². The molecule has 0 aliphatic carbocycles.